The van der Waals surface area contributed by atoms with Gasteiger partial charge in [-0.25, -0.2) is 4.79 Å². The van der Waals surface area contributed by atoms with Crippen molar-refractivity contribution in [3.8, 4) is 0 Å². The molecule has 4 N–H and O–H groups in total. The van der Waals surface area contributed by atoms with Crippen molar-refractivity contribution < 1.29 is 32.5 Å². The van der Waals surface area contributed by atoms with Crippen LogP contribution in [0.25, 0.3) is 0 Å². The molecule has 0 aliphatic carbocycles. The van der Waals surface area contributed by atoms with Gasteiger partial charge in [0, 0.05) is 0 Å². The predicted molar refractivity (Wildman–Crippen MR) is 48.7 cm³/mol. The maximum absolute atomic E-state index is 8.74. The van der Waals surface area contributed by atoms with Gasteiger partial charge in [0.15, 0.2) is 0 Å². The van der Waals surface area contributed by atoms with Crippen LogP contribution in [0.4, 0.5) is 4.79 Å². The SMILES string of the molecule is C.O=C(O)O.O=S(=O)(O)O.[CaH2].[CaH2]. The van der Waals surface area contributed by atoms with Crippen LogP contribution in [0.2, 0.25) is 0 Å². The quantitative estimate of drug-likeness (QED) is 0.304. The standard InChI is InChI=1S/CH2O3.CH4.2Ca.H2O4S.4H/c2-1(3)4;;;;1-5(2,3)4;;;;/h(H2,2,3,4);1H4;;;(H2,1,2,3,4);;;;. The van der Waals surface area contributed by atoms with Crippen molar-refractivity contribution in [2.75, 3.05) is 0 Å². The van der Waals surface area contributed by atoms with Crippen molar-refractivity contribution in [2.24, 2.45) is 0 Å². The van der Waals surface area contributed by atoms with Gasteiger partial charge in [0.1, 0.15) is 0 Å². The Balaban J connectivity index is -0.0000000221. The minimum atomic E-state index is -4.67. The van der Waals surface area contributed by atoms with Gasteiger partial charge >= 0.3 is 92.0 Å². The molecule has 0 rings (SSSR count). The van der Waals surface area contributed by atoms with Gasteiger partial charge in [-0.15, -0.1) is 0 Å². The minimum absolute atomic E-state index is 0. The summed E-state index contributed by atoms with van der Waals surface area (Å²) >= 11 is 0. The zero-order valence-corrected chi connectivity index (χ0v) is 4.74. The van der Waals surface area contributed by atoms with Gasteiger partial charge in [-0.3, -0.25) is 9.11 Å². The molecule has 0 aliphatic rings. The van der Waals surface area contributed by atoms with Crippen molar-refractivity contribution in [3.63, 3.8) is 0 Å². The van der Waals surface area contributed by atoms with Gasteiger partial charge in [0.25, 0.3) is 0 Å². The molecule has 72 valence electrons. The molecule has 0 saturated carbocycles. The molecule has 0 unspecified atom stereocenters. The first-order chi connectivity index (χ1) is 3.73. The third kappa shape index (κ3) is 481. The van der Waals surface area contributed by atoms with Crippen molar-refractivity contribution in [2.45, 2.75) is 7.43 Å². The van der Waals surface area contributed by atoms with Crippen LogP contribution in [-0.2, 0) is 10.4 Å². The van der Waals surface area contributed by atoms with Crippen LogP contribution >= 0.6 is 0 Å². The van der Waals surface area contributed by atoms with Gasteiger partial charge in [-0.2, -0.15) is 8.42 Å². The molecule has 10 heteroatoms. The first-order valence-corrected chi connectivity index (χ1v) is 2.75. The molecule has 0 aliphatic heterocycles. The van der Waals surface area contributed by atoms with E-state index in [9.17, 15) is 0 Å². The second-order valence-corrected chi connectivity index (χ2v) is 1.63. The summed E-state index contributed by atoms with van der Waals surface area (Å²) in [7, 11) is -4.67. The monoisotopic (exact) mass is 260 g/mol. The van der Waals surface area contributed by atoms with Crippen LogP contribution in [-0.4, -0.2) is 109 Å². The van der Waals surface area contributed by atoms with Crippen LogP contribution in [0.1, 0.15) is 7.43 Å². The molecule has 0 saturated heterocycles. The molecule has 0 heterocycles. The second-order valence-electron chi connectivity index (χ2n) is 0.730. The Morgan fingerprint density at radius 2 is 1.00 bits per heavy atom. The Hall–Kier alpha value is 1.66. The van der Waals surface area contributed by atoms with E-state index in [2.05, 4.69) is 0 Å². The first-order valence-electron chi connectivity index (χ1n) is 1.35. The molecule has 0 aromatic rings. The van der Waals surface area contributed by atoms with Crippen LogP contribution in [0.3, 0.4) is 0 Å². The number of hydrogen-bond acceptors (Lipinski definition) is 3. The fourth-order valence-corrected chi connectivity index (χ4v) is 0. The second kappa shape index (κ2) is 15.1. The molecule has 7 nitrogen and oxygen atoms in total. The molecule has 0 aromatic carbocycles. The molecule has 0 spiro atoms. The van der Waals surface area contributed by atoms with Gasteiger partial charge < -0.3 is 10.2 Å². The fraction of sp³-hybridized carbons (Fsp3) is 0.500. The third-order valence-electron chi connectivity index (χ3n) is 0. The first kappa shape index (κ1) is 29.2. The van der Waals surface area contributed by atoms with Crippen molar-refractivity contribution in [3.05, 3.63) is 0 Å². The van der Waals surface area contributed by atoms with E-state index in [0.29, 0.717) is 0 Å². The Morgan fingerprint density at radius 3 is 1.00 bits per heavy atom. The number of carboxylic acid groups (broad SMARTS) is 2. The number of rotatable bonds is 0. The Labute approximate surface area is 130 Å². The van der Waals surface area contributed by atoms with E-state index >= 15 is 0 Å². The topological polar surface area (TPSA) is 132 Å². The Morgan fingerprint density at radius 1 is 1.00 bits per heavy atom. The third-order valence-corrected chi connectivity index (χ3v) is 0. The van der Waals surface area contributed by atoms with Crippen LogP contribution in [0.15, 0.2) is 0 Å². The van der Waals surface area contributed by atoms with Gasteiger partial charge in [0.05, 0.1) is 0 Å². The van der Waals surface area contributed by atoms with Gasteiger partial charge in [-0.05, 0) is 0 Å². The summed E-state index contributed by atoms with van der Waals surface area (Å²) in [5.41, 5.74) is 0. The Bertz CT molecular complexity index is 162. The average Bonchev–Trinajstić information content (AvgIpc) is 1.19. The van der Waals surface area contributed by atoms with E-state index in [-0.39, 0.29) is 82.9 Å². The maximum atomic E-state index is 8.74. The summed E-state index contributed by atoms with van der Waals surface area (Å²) in [4.78, 5) is 8.56. The molecular formula is C2H12Ca2O7S. The van der Waals surface area contributed by atoms with E-state index in [0.717, 1.165) is 0 Å². The molecular weight excluding hydrogens is 248 g/mol. The van der Waals surface area contributed by atoms with E-state index in [1.807, 2.05) is 0 Å². The summed E-state index contributed by atoms with van der Waals surface area (Å²) in [6.07, 6.45) is -1.83. The number of carbonyl (C=O) groups is 1. The van der Waals surface area contributed by atoms with Crippen LogP contribution in [0, 0.1) is 0 Å². The molecule has 0 aromatic heterocycles. The molecule has 0 atom stereocenters. The van der Waals surface area contributed by atoms with Crippen LogP contribution in [0.5, 0.6) is 0 Å². The van der Waals surface area contributed by atoms with Crippen LogP contribution < -0.4 is 0 Å². The molecule has 0 amide bonds. The fourth-order valence-electron chi connectivity index (χ4n) is 0. The van der Waals surface area contributed by atoms with E-state index in [1.54, 1.807) is 0 Å². The van der Waals surface area contributed by atoms with Crippen molar-refractivity contribution in [1.82, 2.24) is 0 Å². The molecule has 0 bridgehead atoms. The van der Waals surface area contributed by atoms with E-state index < -0.39 is 16.6 Å². The molecule has 12 heavy (non-hydrogen) atoms. The summed E-state index contributed by atoms with van der Waals surface area (Å²) in [6.45, 7) is 0. The predicted octanol–water partition coefficient (Wildman–Crippen LogP) is -1.63. The zero-order valence-electron chi connectivity index (χ0n) is 3.92. The summed E-state index contributed by atoms with van der Waals surface area (Å²) < 4.78 is 31.6. The molecule has 0 radical (unpaired) electrons. The number of hydrogen-bond donors (Lipinski definition) is 4. The summed E-state index contributed by atoms with van der Waals surface area (Å²) in [5.74, 6) is 0. The zero-order chi connectivity index (χ0) is 8.08. The van der Waals surface area contributed by atoms with Gasteiger partial charge in [-0.1, -0.05) is 7.43 Å². The average molecular weight is 260 g/mol. The molecule has 0 fully saturated rings. The Kier molecular flexibility index (Phi) is 36.8. The van der Waals surface area contributed by atoms with Gasteiger partial charge in [0.2, 0.25) is 0 Å². The summed E-state index contributed by atoms with van der Waals surface area (Å²) in [5, 5.41) is 13.9. The summed E-state index contributed by atoms with van der Waals surface area (Å²) in [6, 6.07) is 0. The normalized spacial score (nSPS) is 6.83. The van der Waals surface area contributed by atoms with Crippen molar-refractivity contribution >= 4 is 92.0 Å². The van der Waals surface area contributed by atoms with Crippen molar-refractivity contribution in [1.29, 1.82) is 0 Å². The van der Waals surface area contributed by atoms with E-state index in [1.165, 1.54) is 0 Å². The van der Waals surface area contributed by atoms with E-state index in [4.69, 9.17) is 32.5 Å².